The third kappa shape index (κ3) is 3.16. The second-order valence-corrected chi connectivity index (χ2v) is 6.17. The van der Waals surface area contributed by atoms with Crippen LogP contribution >= 0.6 is 0 Å². The first-order chi connectivity index (χ1) is 7.24. The second kappa shape index (κ2) is 4.92. The molecule has 0 fully saturated rings. The predicted molar refractivity (Wildman–Crippen MR) is 72.5 cm³/mol. The van der Waals surface area contributed by atoms with Crippen molar-refractivity contribution >= 4 is 53.8 Å². The first-order valence-corrected chi connectivity index (χ1v) is 7.14. The number of nitrogens with one attached hydrogen (secondary N) is 1. The van der Waals surface area contributed by atoms with E-state index in [1.807, 2.05) is 0 Å². The zero-order valence-electron chi connectivity index (χ0n) is 8.27. The molecule has 0 amide bonds. The molecule has 0 radical (unpaired) electrons. The molecule has 0 aromatic heterocycles. The third-order valence-corrected chi connectivity index (χ3v) is 3.73. The van der Waals surface area contributed by atoms with Gasteiger partial charge >= 0.3 is 108 Å². The van der Waals surface area contributed by atoms with Gasteiger partial charge < -0.3 is 0 Å². The van der Waals surface area contributed by atoms with Gasteiger partial charge in [0.05, 0.1) is 0 Å². The molecule has 0 aliphatic heterocycles. The molecule has 76 valence electrons. The minimum atomic E-state index is 1.14. The van der Waals surface area contributed by atoms with E-state index in [1.54, 1.807) is 33.7 Å². The minimum absolute atomic E-state index is 1.14. The Kier molecular flexibility index (Phi) is 3.56. The van der Waals surface area contributed by atoms with Crippen molar-refractivity contribution in [3.63, 3.8) is 0 Å². The molecule has 0 heterocycles. The van der Waals surface area contributed by atoms with Crippen molar-refractivity contribution in [3.8, 4) is 0 Å². The van der Waals surface area contributed by atoms with Crippen LogP contribution in [0.25, 0.3) is 0 Å². The zero-order chi connectivity index (χ0) is 10.7. The van der Waals surface area contributed by atoms with E-state index in [4.69, 9.17) is 0 Å². The van der Waals surface area contributed by atoms with E-state index in [-0.39, 0.29) is 0 Å². The number of anilines is 2. The fraction of sp³-hybridized carbons (Fsp3) is 0. The maximum atomic E-state index is 3.37. The Bertz CT molecular complexity index is 391. The monoisotopic (exact) mass is 321 g/mol. The predicted octanol–water partition coefficient (Wildman–Crippen LogP) is -0.0530. The van der Waals surface area contributed by atoms with Crippen molar-refractivity contribution in [1.82, 2.24) is 0 Å². The standard InChI is InChI=1S/C12H13As2N/c13-9-1-5-11(6-2-9)15-12-7-3-10(14)4-8-12/h1-8,15H,13-14H2. The molecule has 0 saturated heterocycles. The van der Waals surface area contributed by atoms with E-state index >= 15 is 0 Å². The number of benzene rings is 2. The average molecular weight is 321 g/mol. The zero-order valence-corrected chi connectivity index (χ0v) is 13.1. The molecule has 2 rings (SSSR count). The molecule has 3 heteroatoms. The fourth-order valence-electron chi connectivity index (χ4n) is 1.30. The number of hydrogen-bond donors (Lipinski definition) is 1. The topological polar surface area (TPSA) is 12.0 Å². The molecule has 2 atom stereocenters. The molecule has 0 aliphatic rings. The Morgan fingerprint density at radius 3 is 1.27 bits per heavy atom. The molecular weight excluding hydrogens is 308 g/mol. The molecule has 1 N–H and O–H groups in total. The van der Waals surface area contributed by atoms with Gasteiger partial charge in [0, 0.05) is 0 Å². The van der Waals surface area contributed by atoms with Crippen LogP contribution in [0.4, 0.5) is 11.4 Å². The van der Waals surface area contributed by atoms with Crippen molar-refractivity contribution in [2.75, 3.05) is 5.32 Å². The first-order valence-electron chi connectivity index (χ1n) is 4.72. The van der Waals surface area contributed by atoms with Gasteiger partial charge in [-0.25, -0.2) is 0 Å². The first kappa shape index (κ1) is 10.9. The number of hydrogen-bond acceptors (Lipinski definition) is 1. The average Bonchev–Trinajstić information content (AvgIpc) is 2.25. The summed E-state index contributed by atoms with van der Waals surface area (Å²) in [5.41, 5.74) is 2.29. The molecule has 0 saturated carbocycles. The van der Waals surface area contributed by atoms with Gasteiger partial charge in [0.15, 0.2) is 0 Å². The van der Waals surface area contributed by atoms with Gasteiger partial charge in [-0.3, -0.25) is 0 Å². The summed E-state index contributed by atoms with van der Waals surface area (Å²) in [6.07, 6.45) is 0. The Morgan fingerprint density at radius 1 is 0.600 bits per heavy atom. The SMILES string of the molecule is [AsH2]c1ccc(Nc2ccc([AsH2])cc2)cc1. The van der Waals surface area contributed by atoms with Crippen LogP contribution in [0.2, 0.25) is 0 Å². The van der Waals surface area contributed by atoms with E-state index in [0.717, 1.165) is 11.4 Å². The van der Waals surface area contributed by atoms with Crippen LogP contribution in [0.15, 0.2) is 48.5 Å². The molecule has 0 bridgehead atoms. The third-order valence-electron chi connectivity index (χ3n) is 2.11. The van der Waals surface area contributed by atoms with Gasteiger partial charge in [0.25, 0.3) is 0 Å². The fourth-order valence-corrected chi connectivity index (χ4v) is 2.11. The Hall–Kier alpha value is -0.643. The van der Waals surface area contributed by atoms with Crippen LogP contribution in [0.5, 0.6) is 0 Å². The Morgan fingerprint density at radius 2 is 0.933 bits per heavy atom. The van der Waals surface area contributed by atoms with E-state index in [2.05, 4.69) is 53.8 Å². The quantitative estimate of drug-likeness (QED) is 0.765. The van der Waals surface area contributed by atoms with E-state index in [1.165, 1.54) is 8.70 Å². The molecular formula is C12H13As2N. The van der Waals surface area contributed by atoms with Gasteiger partial charge in [-0.05, 0) is 0 Å². The van der Waals surface area contributed by atoms with Gasteiger partial charge in [0.1, 0.15) is 0 Å². The molecule has 15 heavy (non-hydrogen) atoms. The molecule has 2 aromatic rings. The summed E-state index contributed by atoms with van der Waals surface area (Å²) in [4.78, 5) is 0. The van der Waals surface area contributed by atoms with Crippen LogP contribution in [0.3, 0.4) is 0 Å². The Balaban J connectivity index is 2.15. The van der Waals surface area contributed by atoms with Gasteiger partial charge in [0.2, 0.25) is 0 Å². The van der Waals surface area contributed by atoms with Gasteiger partial charge in [-0.2, -0.15) is 0 Å². The van der Waals surface area contributed by atoms with Crippen molar-refractivity contribution < 1.29 is 0 Å². The van der Waals surface area contributed by atoms with Crippen LogP contribution < -0.4 is 14.0 Å². The van der Waals surface area contributed by atoms with Crippen molar-refractivity contribution in [3.05, 3.63) is 48.5 Å². The van der Waals surface area contributed by atoms with Crippen LogP contribution in [0, 0.1) is 0 Å². The molecule has 2 aromatic carbocycles. The van der Waals surface area contributed by atoms with E-state index in [9.17, 15) is 0 Å². The van der Waals surface area contributed by atoms with Gasteiger partial charge in [-0.1, -0.05) is 0 Å². The summed E-state index contributed by atoms with van der Waals surface area (Å²) in [6, 6.07) is 17.0. The van der Waals surface area contributed by atoms with Crippen LogP contribution in [0.1, 0.15) is 0 Å². The summed E-state index contributed by atoms with van der Waals surface area (Å²) in [5.74, 6) is 0. The van der Waals surface area contributed by atoms with Crippen molar-refractivity contribution in [2.45, 2.75) is 0 Å². The second-order valence-electron chi connectivity index (χ2n) is 3.37. The summed E-state index contributed by atoms with van der Waals surface area (Å²) in [5, 5.41) is 3.37. The van der Waals surface area contributed by atoms with E-state index in [0.29, 0.717) is 0 Å². The van der Waals surface area contributed by atoms with Crippen LogP contribution in [-0.4, -0.2) is 33.7 Å². The number of rotatable bonds is 2. The summed E-state index contributed by atoms with van der Waals surface area (Å²) in [7, 11) is 0. The molecule has 2 unspecified atom stereocenters. The summed E-state index contributed by atoms with van der Waals surface area (Å²) >= 11 is 3.31. The van der Waals surface area contributed by atoms with Crippen molar-refractivity contribution in [2.24, 2.45) is 0 Å². The Labute approximate surface area is 107 Å². The maximum absolute atomic E-state index is 3.37. The van der Waals surface area contributed by atoms with E-state index < -0.39 is 0 Å². The normalized spacial score (nSPS) is 10.0. The molecule has 0 aliphatic carbocycles. The van der Waals surface area contributed by atoms with Crippen molar-refractivity contribution in [1.29, 1.82) is 0 Å². The summed E-state index contributed by atoms with van der Waals surface area (Å²) in [6.45, 7) is 0. The van der Waals surface area contributed by atoms with Crippen LogP contribution in [-0.2, 0) is 0 Å². The summed E-state index contributed by atoms with van der Waals surface area (Å²) < 4.78 is 2.69. The molecule has 1 nitrogen and oxygen atoms in total. The van der Waals surface area contributed by atoms with Gasteiger partial charge in [-0.15, -0.1) is 0 Å². The molecule has 0 spiro atoms.